The average Bonchev–Trinajstić information content (AvgIpc) is 3.36. The van der Waals surface area contributed by atoms with E-state index in [4.69, 9.17) is 14.2 Å². The molecule has 1 saturated heterocycles. The molecule has 1 fully saturated rings. The number of ether oxygens (including phenoxy) is 3. The van der Waals surface area contributed by atoms with Gasteiger partial charge in [-0.3, -0.25) is 19.3 Å². The van der Waals surface area contributed by atoms with E-state index in [9.17, 15) is 14.4 Å². The Bertz CT molecular complexity index is 990. The summed E-state index contributed by atoms with van der Waals surface area (Å²) in [5, 5.41) is 2.77. The maximum absolute atomic E-state index is 12.8. The van der Waals surface area contributed by atoms with E-state index in [1.165, 1.54) is 37.3 Å². The molecule has 8 heteroatoms. The third kappa shape index (κ3) is 3.73. The molecular weight excluding hydrogens is 388 g/mol. The summed E-state index contributed by atoms with van der Waals surface area (Å²) in [4.78, 5) is 39.4. The SMILES string of the molecule is COc1cc(NC(=O)c2ccc3c(c2)C(=O)N(CC2CCCO2)C3=O)cc(OC)c1. The van der Waals surface area contributed by atoms with E-state index in [0.29, 0.717) is 29.4 Å². The molecule has 156 valence electrons. The second-order valence-corrected chi connectivity index (χ2v) is 7.17. The highest BCUT2D eigenvalue weighted by Gasteiger charge is 2.37. The van der Waals surface area contributed by atoms with Crippen LogP contribution >= 0.6 is 0 Å². The number of anilines is 1. The van der Waals surface area contributed by atoms with Gasteiger partial charge in [0.2, 0.25) is 0 Å². The van der Waals surface area contributed by atoms with Gasteiger partial charge in [-0.2, -0.15) is 0 Å². The lowest BCUT2D eigenvalue weighted by atomic mass is 10.1. The summed E-state index contributed by atoms with van der Waals surface area (Å²) in [7, 11) is 3.04. The summed E-state index contributed by atoms with van der Waals surface area (Å²) in [6, 6.07) is 9.52. The van der Waals surface area contributed by atoms with E-state index < -0.39 is 11.8 Å². The predicted octanol–water partition coefficient (Wildman–Crippen LogP) is 2.73. The number of rotatable bonds is 6. The summed E-state index contributed by atoms with van der Waals surface area (Å²) >= 11 is 0. The number of amides is 3. The molecule has 2 aromatic rings. The zero-order valence-electron chi connectivity index (χ0n) is 16.8. The largest absolute Gasteiger partial charge is 0.497 e. The number of hydrogen-bond donors (Lipinski definition) is 1. The molecular formula is C22H22N2O6. The molecule has 0 aliphatic carbocycles. The maximum Gasteiger partial charge on any atom is 0.261 e. The van der Waals surface area contributed by atoms with Gasteiger partial charge in [-0.25, -0.2) is 0 Å². The van der Waals surface area contributed by atoms with Crippen molar-refractivity contribution >= 4 is 23.4 Å². The van der Waals surface area contributed by atoms with Crippen LogP contribution in [-0.4, -0.2) is 56.1 Å². The minimum absolute atomic E-state index is 0.127. The van der Waals surface area contributed by atoms with Crippen LogP contribution < -0.4 is 14.8 Å². The van der Waals surface area contributed by atoms with E-state index in [1.54, 1.807) is 18.2 Å². The number of imide groups is 1. The van der Waals surface area contributed by atoms with Crippen LogP contribution in [0.2, 0.25) is 0 Å². The van der Waals surface area contributed by atoms with Crippen molar-refractivity contribution in [2.24, 2.45) is 0 Å². The lowest BCUT2D eigenvalue weighted by Gasteiger charge is -2.17. The van der Waals surface area contributed by atoms with Crippen LogP contribution in [0.1, 0.15) is 43.9 Å². The highest BCUT2D eigenvalue weighted by Crippen LogP contribution is 2.28. The van der Waals surface area contributed by atoms with Gasteiger partial charge in [-0.15, -0.1) is 0 Å². The number of nitrogens with one attached hydrogen (secondary N) is 1. The predicted molar refractivity (Wildman–Crippen MR) is 108 cm³/mol. The Morgan fingerprint density at radius 3 is 2.40 bits per heavy atom. The van der Waals surface area contributed by atoms with E-state index in [0.717, 1.165) is 12.8 Å². The highest BCUT2D eigenvalue weighted by atomic mass is 16.5. The van der Waals surface area contributed by atoms with Crippen molar-refractivity contribution in [1.29, 1.82) is 0 Å². The zero-order valence-corrected chi connectivity index (χ0v) is 16.8. The molecule has 1 atom stereocenters. The number of fused-ring (bicyclic) bond motifs is 1. The second-order valence-electron chi connectivity index (χ2n) is 7.17. The summed E-state index contributed by atoms with van der Waals surface area (Å²) in [6.07, 6.45) is 1.62. The standard InChI is InChI=1S/C22H22N2O6/c1-28-16-9-14(10-17(11-16)29-2)23-20(25)13-5-6-18-19(8-13)22(27)24(21(18)26)12-15-4-3-7-30-15/h5-6,8-11,15H,3-4,7,12H2,1-2H3,(H,23,25). The van der Waals surface area contributed by atoms with Crippen LogP contribution in [0, 0.1) is 0 Å². The Labute approximate surface area is 173 Å². The normalized spacial score (nSPS) is 17.8. The first kappa shape index (κ1) is 19.9. The van der Waals surface area contributed by atoms with Crippen molar-refractivity contribution in [2.75, 3.05) is 32.7 Å². The molecule has 2 heterocycles. The lowest BCUT2D eigenvalue weighted by molar-refractivity contribution is 0.0475. The van der Waals surface area contributed by atoms with Crippen LogP contribution in [0.3, 0.4) is 0 Å². The topological polar surface area (TPSA) is 94.2 Å². The van der Waals surface area contributed by atoms with Gasteiger partial charge in [0.15, 0.2) is 0 Å². The number of carbonyl (C=O) groups excluding carboxylic acids is 3. The number of hydrogen-bond acceptors (Lipinski definition) is 6. The van der Waals surface area contributed by atoms with Gasteiger partial charge in [-0.1, -0.05) is 0 Å². The molecule has 8 nitrogen and oxygen atoms in total. The summed E-state index contributed by atoms with van der Waals surface area (Å²) in [5.41, 5.74) is 1.29. The Kier molecular flexibility index (Phi) is 5.41. The number of methoxy groups -OCH3 is 2. The smallest absolute Gasteiger partial charge is 0.261 e. The minimum atomic E-state index is -0.411. The summed E-state index contributed by atoms with van der Waals surface area (Å²) in [5.74, 6) is -0.0996. The van der Waals surface area contributed by atoms with E-state index in [1.807, 2.05) is 0 Å². The molecule has 0 spiro atoms. The van der Waals surface area contributed by atoms with E-state index in [-0.39, 0.29) is 29.7 Å². The Hall–Kier alpha value is -3.39. The van der Waals surface area contributed by atoms with Crippen molar-refractivity contribution in [2.45, 2.75) is 18.9 Å². The number of nitrogens with zero attached hydrogens (tertiary/aromatic N) is 1. The van der Waals surface area contributed by atoms with Gasteiger partial charge in [0, 0.05) is 36.1 Å². The zero-order chi connectivity index (χ0) is 21.3. The Morgan fingerprint density at radius 1 is 1.07 bits per heavy atom. The van der Waals surface area contributed by atoms with Crippen molar-refractivity contribution in [3.05, 3.63) is 53.1 Å². The molecule has 0 aromatic heterocycles. The second kappa shape index (κ2) is 8.16. The highest BCUT2D eigenvalue weighted by molar-refractivity contribution is 6.22. The quantitative estimate of drug-likeness (QED) is 0.736. The van der Waals surface area contributed by atoms with Crippen molar-refractivity contribution < 1.29 is 28.6 Å². The van der Waals surface area contributed by atoms with Crippen LogP contribution in [0.25, 0.3) is 0 Å². The fraction of sp³-hybridized carbons (Fsp3) is 0.318. The molecule has 30 heavy (non-hydrogen) atoms. The molecule has 0 saturated carbocycles. The van der Waals surface area contributed by atoms with Crippen molar-refractivity contribution in [1.82, 2.24) is 4.90 Å². The molecule has 1 N–H and O–H groups in total. The average molecular weight is 410 g/mol. The van der Waals surface area contributed by atoms with Gasteiger partial charge >= 0.3 is 0 Å². The Balaban J connectivity index is 1.54. The van der Waals surface area contributed by atoms with Crippen LogP contribution in [0.5, 0.6) is 11.5 Å². The van der Waals surface area contributed by atoms with Crippen molar-refractivity contribution in [3.63, 3.8) is 0 Å². The van der Waals surface area contributed by atoms with Crippen LogP contribution in [0.15, 0.2) is 36.4 Å². The van der Waals surface area contributed by atoms with Crippen LogP contribution in [0.4, 0.5) is 5.69 Å². The number of benzene rings is 2. The number of carbonyl (C=O) groups is 3. The molecule has 0 radical (unpaired) electrons. The molecule has 4 rings (SSSR count). The van der Waals surface area contributed by atoms with Crippen molar-refractivity contribution in [3.8, 4) is 11.5 Å². The molecule has 3 amide bonds. The first-order valence-electron chi connectivity index (χ1n) is 9.66. The molecule has 2 aliphatic rings. The fourth-order valence-electron chi connectivity index (χ4n) is 3.67. The monoisotopic (exact) mass is 410 g/mol. The van der Waals surface area contributed by atoms with Gasteiger partial charge in [0.25, 0.3) is 17.7 Å². The van der Waals surface area contributed by atoms with Crippen LogP contribution in [-0.2, 0) is 4.74 Å². The first-order valence-corrected chi connectivity index (χ1v) is 9.66. The van der Waals surface area contributed by atoms with E-state index in [2.05, 4.69) is 5.32 Å². The third-order valence-corrected chi connectivity index (χ3v) is 5.25. The van der Waals surface area contributed by atoms with E-state index >= 15 is 0 Å². The third-order valence-electron chi connectivity index (χ3n) is 5.25. The fourth-order valence-corrected chi connectivity index (χ4v) is 3.67. The molecule has 2 aromatic carbocycles. The molecule has 2 aliphatic heterocycles. The summed E-state index contributed by atoms with van der Waals surface area (Å²) < 4.78 is 16.0. The molecule has 0 bridgehead atoms. The van der Waals surface area contributed by atoms with Gasteiger partial charge < -0.3 is 19.5 Å². The van der Waals surface area contributed by atoms with Gasteiger partial charge in [-0.05, 0) is 31.0 Å². The van der Waals surface area contributed by atoms with Gasteiger partial charge in [0.05, 0.1) is 38.0 Å². The maximum atomic E-state index is 12.8. The first-order chi connectivity index (χ1) is 14.5. The summed E-state index contributed by atoms with van der Waals surface area (Å²) in [6.45, 7) is 0.880. The van der Waals surface area contributed by atoms with Gasteiger partial charge in [0.1, 0.15) is 11.5 Å². The lowest BCUT2D eigenvalue weighted by Crippen LogP contribution is -2.36. The molecule has 1 unspecified atom stereocenters. The minimum Gasteiger partial charge on any atom is -0.497 e. The Morgan fingerprint density at radius 2 is 1.77 bits per heavy atom.